The molecule has 5 heteroatoms. The van der Waals surface area contributed by atoms with Crippen LogP contribution in [0.4, 0.5) is 5.69 Å². The lowest BCUT2D eigenvalue weighted by Crippen LogP contribution is -2.29. The highest BCUT2D eigenvalue weighted by Crippen LogP contribution is 2.42. The number of H-pyrrole nitrogens is 1. The molecule has 120 valence electrons. The van der Waals surface area contributed by atoms with Gasteiger partial charge < -0.3 is 0 Å². The number of benzene rings is 2. The summed E-state index contributed by atoms with van der Waals surface area (Å²) in [6, 6.07) is 16.0. The monoisotopic (exact) mass is 381 g/mol. The van der Waals surface area contributed by atoms with Crippen LogP contribution in [-0.2, 0) is 0 Å². The van der Waals surface area contributed by atoms with Crippen molar-refractivity contribution in [3.05, 3.63) is 81.1 Å². The fourth-order valence-electron chi connectivity index (χ4n) is 3.23. The highest BCUT2D eigenvalue weighted by molar-refractivity contribution is 9.10. The lowest BCUT2D eigenvalue weighted by Gasteiger charge is -2.26. The smallest absolute Gasteiger partial charge is 0.279 e. The molecule has 0 saturated heterocycles. The molecule has 0 aliphatic carbocycles. The van der Waals surface area contributed by atoms with Crippen LogP contribution in [0.1, 0.15) is 38.9 Å². The van der Waals surface area contributed by atoms with Gasteiger partial charge in [-0.25, -0.2) is 0 Å². The maximum Gasteiger partial charge on any atom is 0.279 e. The summed E-state index contributed by atoms with van der Waals surface area (Å²) in [5, 5.41) is 7.20. The molecule has 0 bridgehead atoms. The number of anilines is 1. The highest BCUT2D eigenvalue weighted by Gasteiger charge is 2.42. The van der Waals surface area contributed by atoms with E-state index in [4.69, 9.17) is 0 Å². The van der Waals surface area contributed by atoms with Gasteiger partial charge in [0.25, 0.3) is 5.91 Å². The van der Waals surface area contributed by atoms with Gasteiger partial charge in [-0.3, -0.25) is 14.8 Å². The van der Waals surface area contributed by atoms with E-state index in [0.717, 1.165) is 27.0 Å². The minimum absolute atomic E-state index is 0.0674. The van der Waals surface area contributed by atoms with Gasteiger partial charge in [-0.2, -0.15) is 5.10 Å². The molecule has 2 aromatic carbocycles. The van der Waals surface area contributed by atoms with Gasteiger partial charge in [-0.1, -0.05) is 45.8 Å². The van der Waals surface area contributed by atoms with Crippen LogP contribution in [0.15, 0.2) is 53.0 Å². The summed E-state index contributed by atoms with van der Waals surface area (Å²) in [5.41, 5.74) is 5.56. The van der Waals surface area contributed by atoms with Crippen molar-refractivity contribution in [2.45, 2.75) is 19.9 Å². The van der Waals surface area contributed by atoms with Crippen LogP contribution in [0.25, 0.3) is 0 Å². The number of nitrogens with zero attached hydrogens (tertiary/aromatic N) is 2. The molecule has 1 N–H and O–H groups in total. The SMILES string of the molecule is Cc1ccc(C2c3c(n[nH]c3C)C(=O)N2c2ccc(Br)cc2)cc1. The van der Waals surface area contributed by atoms with Gasteiger partial charge in [0.15, 0.2) is 5.69 Å². The molecular formula is C19H16BrN3O. The van der Waals surface area contributed by atoms with Crippen LogP contribution in [0, 0.1) is 13.8 Å². The van der Waals surface area contributed by atoms with Crippen LogP contribution >= 0.6 is 15.9 Å². The van der Waals surface area contributed by atoms with Crippen LogP contribution < -0.4 is 4.90 Å². The summed E-state index contributed by atoms with van der Waals surface area (Å²) in [7, 11) is 0. The van der Waals surface area contributed by atoms with Gasteiger partial charge in [-0.15, -0.1) is 0 Å². The first-order valence-electron chi connectivity index (χ1n) is 7.77. The number of aromatic amines is 1. The molecule has 1 amide bonds. The van der Waals surface area contributed by atoms with Crippen molar-refractivity contribution in [3.8, 4) is 0 Å². The molecule has 1 unspecified atom stereocenters. The predicted molar refractivity (Wildman–Crippen MR) is 97.3 cm³/mol. The number of hydrogen-bond acceptors (Lipinski definition) is 2. The van der Waals surface area contributed by atoms with Crippen molar-refractivity contribution in [3.63, 3.8) is 0 Å². The Morgan fingerprint density at radius 1 is 1.04 bits per heavy atom. The van der Waals surface area contributed by atoms with Crippen molar-refractivity contribution < 1.29 is 4.79 Å². The van der Waals surface area contributed by atoms with Gasteiger partial charge in [0.1, 0.15) is 0 Å². The van der Waals surface area contributed by atoms with Crippen molar-refractivity contribution in [2.75, 3.05) is 4.90 Å². The Bertz CT molecular complexity index is 913. The highest BCUT2D eigenvalue weighted by atomic mass is 79.9. The van der Waals surface area contributed by atoms with Gasteiger partial charge in [0, 0.05) is 21.4 Å². The predicted octanol–water partition coefficient (Wildman–Crippen LogP) is 4.54. The summed E-state index contributed by atoms with van der Waals surface area (Å²) in [5.74, 6) is -0.0674. The first-order chi connectivity index (χ1) is 11.6. The summed E-state index contributed by atoms with van der Waals surface area (Å²) in [6.45, 7) is 4.02. The van der Waals surface area contributed by atoms with E-state index in [0.29, 0.717) is 5.69 Å². The summed E-state index contributed by atoms with van der Waals surface area (Å²) < 4.78 is 0.986. The number of aryl methyl sites for hydroxylation is 2. The van der Waals surface area contributed by atoms with Crippen LogP contribution in [0.2, 0.25) is 0 Å². The van der Waals surface area contributed by atoms with Gasteiger partial charge >= 0.3 is 0 Å². The van der Waals surface area contributed by atoms with Crippen molar-refractivity contribution in [1.82, 2.24) is 10.2 Å². The third kappa shape index (κ3) is 2.27. The number of nitrogens with one attached hydrogen (secondary N) is 1. The molecule has 4 rings (SSSR count). The molecule has 2 heterocycles. The third-order valence-electron chi connectivity index (χ3n) is 4.45. The molecule has 3 aromatic rings. The van der Waals surface area contributed by atoms with E-state index in [1.807, 2.05) is 36.1 Å². The normalized spacial score (nSPS) is 16.5. The molecule has 1 atom stereocenters. The van der Waals surface area contributed by atoms with Crippen molar-refractivity contribution >= 4 is 27.5 Å². The lowest BCUT2D eigenvalue weighted by atomic mass is 9.98. The number of halogens is 1. The second-order valence-corrected chi connectivity index (χ2v) is 6.99. The first-order valence-corrected chi connectivity index (χ1v) is 8.56. The largest absolute Gasteiger partial charge is 0.295 e. The first kappa shape index (κ1) is 15.1. The average molecular weight is 382 g/mol. The van der Waals surface area contributed by atoms with Crippen LogP contribution in [0.3, 0.4) is 0 Å². The fourth-order valence-corrected chi connectivity index (χ4v) is 3.49. The second kappa shape index (κ2) is 5.60. The Balaban J connectivity index is 1.89. The maximum absolute atomic E-state index is 13.0. The molecule has 4 nitrogen and oxygen atoms in total. The maximum atomic E-state index is 13.0. The molecule has 0 saturated carbocycles. The molecule has 24 heavy (non-hydrogen) atoms. The Hall–Kier alpha value is -2.40. The van der Waals surface area contributed by atoms with Crippen LogP contribution in [0.5, 0.6) is 0 Å². The Kier molecular flexibility index (Phi) is 3.53. The van der Waals surface area contributed by atoms with Crippen LogP contribution in [-0.4, -0.2) is 16.1 Å². The Labute approximate surface area is 148 Å². The minimum atomic E-state index is -0.159. The van der Waals surface area contributed by atoms with E-state index in [-0.39, 0.29) is 11.9 Å². The average Bonchev–Trinajstić information content (AvgIpc) is 3.09. The number of carbonyl (C=O) groups excluding carboxylic acids is 1. The minimum Gasteiger partial charge on any atom is -0.295 e. The third-order valence-corrected chi connectivity index (χ3v) is 4.97. The Morgan fingerprint density at radius 2 is 1.71 bits per heavy atom. The second-order valence-electron chi connectivity index (χ2n) is 6.08. The van der Waals surface area contributed by atoms with Gasteiger partial charge in [-0.05, 0) is 43.7 Å². The number of fused-ring (bicyclic) bond motifs is 1. The molecule has 0 radical (unpaired) electrons. The summed E-state index contributed by atoms with van der Waals surface area (Å²) >= 11 is 3.45. The number of hydrogen-bond donors (Lipinski definition) is 1. The topological polar surface area (TPSA) is 49.0 Å². The van der Waals surface area contributed by atoms with E-state index in [2.05, 4.69) is 57.3 Å². The molecular weight excluding hydrogens is 366 g/mol. The number of amides is 1. The molecule has 1 aliphatic heterocycles. The standard InChI is InChI=1S/C19H16BrN3O/c1-11-3-5-13(6-4-11)18-16-12(2)21-22-17(16)19(24)23(18)15-9-7-14(20)8-10-15/h3-10,18H,1-2H3,(H,21,22). The van der Waals surface area contributed by atoms with E-state index >= 15 is 0 Å². The van der Waals surface area contributed by atoms with E-state index in [9.17, 15) is 4.79 Å². The molecule has 1 aliphatic rings. The van der Waals surface area contributed by atoms with E-state index < -0.39 is 0 Å². The quantitative estimate of drug-likeness (QED) is 0.708. The zero-order chi connectivity index (χ0) is 16.8. The number of aromatic nitrogens is 2. The van der Waals surface area contributed by atoms with E-state index in [1.54, 1.807) is 0 Å². The summed E-state index contributed by atoms with van der Waals surface area (Å²) in [6.07, 6.45) is 0. The van der Waals surface area contributed by atoms with Gasteiger partial charge in [0.05, 0.1) is 6.04 Å². The van der Waals surface area contributed by atoms with Gasteiger partial charge in [0.2, 0.25) is 0 Å². The molecule has 0 fully saturated rings. The zero-order valence-corrected chi connectivity index (χ0v) is 15.0. The van der Waals surface area contributed by atoms with Crippen molar-refractivity contribution in [2.24, 2.45) is 0 Å². The number of carbonyl (C=O) groups is 1. The van der Waals surface area contributed by atoms with E-state index in [1.165, 1.54) is 5.56 Å². The Morgan fingerprint density at radius 3 is 2.38 bits per heavy atom. The molecule has 0 spiro atoms. The number of rotatable bonds is 2. The lowest BCUT2D eigenvalue weighted by molar-refractivity contribution is 0.0989. The molecule has 1 aromatic heterocycles. The zero-order valence-electron chi connectivity index (χ0n) is 13.4. The fraction of sp³-hybridized carbons (Fsp3) is 0.158. The van der Waals surface area contributed by atoms with Crippen molar-refractivity contribution in [1.29, 1.82) is 0 Å². The summed E-state index contributed by atoms with van der Waals surface area (Å²) in [4.78, 5) is 14.8.